The van der Waals surface area contributed by atoms with E-state index in [0.717, 1.165) is 5.56 Å². The van der Waals surface area contributed by atoms with Crippen molar-refractivity contribution in [3.05, 3.63) is 59.7 Å². The standard InChI is InChI=1S/C18H23NO4S/c1-14(17-10-5-6-11-18(17)23-4)19(2)24(20,21)13-15-8-7-9-16(12-15)22-3/h5-12,14H,13H2,1-4H3. The second kappa shape index (κ2) is 7.68. The van der Waals surface area contributed by atoms with Gasteiger partial charge in [0.05, 0.1) is 26.0 Å². The van der Waals surface area contributed by atoms with Gasteiger partial charge in [0.25, 0.3) is 0 Å². The quantitative estimate of drug-likeness (QED) is 0.770. The second-order valence-electron chi connectivity index (χ2n) is 5.54. The number of sulfonamides is 1. The minimum absolute atomic E-state index is 0.0831. The van der Waals surface area contributed by atoms with Gasteiger partial charge in [0, 0.05) is 12.6 Å². The molecule has 2 rings (SSSR count). The zero-order valence-corrected chi connectivity index (χ0v) is 15.2. The van der Waals surface area contributed by atoms with Crippen LogP contribution in [0.4, 0.5) is 0 Å². The van der Waals surface area contributed by atoms with Crippen LogP contribution in [0.15, 0.2) is 48.5 Å². The van der Waals surface area contributed by atoms with Crippen LogP contribution in [0, 0.1) is 0 Å². The van der Waals surface area contributed by atoms with Crippen LogP contribution in [0.2, 0.25) is 0 Å². The van der Waals surface area contributed by atoms with Crippen molar-refractivity contribution in [1.29, 1.82) is 0 Å². The molecule has 0 fully saturated rings. The second-order valence-corrected chi connectivity index (χ2v) is 7.57. The zero-order chi connectivity index (χ0) is 17.7. The molecule has 6 heteroatoms. The van der Waals surface area contributed by atoms with Gasteiger partial charge in [-0.1, -0.05) is 30.3 Å². The lowest BCUT2D eigenvalue weighted by molar-refractivity contribution is 0.367. The zero-order valence-electron chi connectivity index (χ0n) is 14.4. The summed E-state index contributed by atoms with van der Waals surface area (Å²) in [6, 6.07) is 14.2. The molecule has 2 aromatic carbocycles. The van der Waals surface area contributed by atoms with E-state index in [1.165, 1.54) is 4.31 Å². The molecule has 5 nitrogen and oxygen atoms in total. The highest BCUT2D eigenvalue weighted by atomic mass is 32.2. The van der Waals surface area contributed by atoms with Gasteiger partial charge in [-0.15, -0.1) is 0 Å². The monoisotopic (exact) mass is 349 g/mol. The van der Waals surface area contributed by atoms with Gasteiger partial charge in [-0.05, 0) is 30.7 Å². The van der Waals surface area contributed by atoms with Gasteiger partial charge in [0.1, 0.15) is 11.5 Å². The highest BCUT2D eigenvalue weighted by Crippen LogP contribution is 2.30. The molecule has 0 aliphatic heterocycles. The summed E-state index contributed by atoms with van der Waals surface area (Å²) in [6.45, 7) is 1.85. The predicted molar refractivity (Wildman–Crippen MR) is 94.8 cm³/mol. The highest BCUT2D eigenvalue weighted by Gasteiger charge is 2.26. The normalized spacial score (nSPS) is 12.9. The van der Waals surface area contributed by atoms with E-state index in [2.05, 4.69) is 0 Å². The molecule has 0 aromatic heterocycles. The number of hydrogen-bond acceptors (Lipinski definition) is 4. The van der Waals surface area contributed by atoms with Crippen LogP contribution in [-0.2, 0) is 15.8 Å². The molecule has 0 aliphatic rings. The Bertz CT molecular complexity index is 789. The number of hydrogen-bond donors (Lipinski definition) is 0. The largest absolute Gasteiger partial charge is 0.497 e. The van der Waals surface area contributed by atoms with Crippen molar-refractivity contribution in [3.8, 4) is 11.5 Å². The van der Waals surface area contributed by atoms with Crippen molar-refractivity contribution in [2.75, 3.05) is 21.3 Å². The SMILES string of the molecule is COc1cccc(CS(=O)(=O)N(C)C(C)c2ccccc2OC)c1. The third-order valence-corrected chi connectivity index (χ3v) is 5.95. The topological polar surface area (TPSA) is 55.8 Å². The van der Waals surface area contributed by atoms with Crippen molar-refractivity contribution in [1.82, 2.24) is 4.31 Å². The maximum absolute atomic E-state index is 12.8. The van der Waals surface area contributed by atoms with Crippen molar-refractivity contribution in [2.24, 2.45) is 0 Å². The van der Waals surface area contributed by atoms with Gasteiger partial charge in [-0.25, -0.2) is 8.42 Å². The Morgan fingerprint density at radius 1 is 1.04 bits per heavy atom. The minimum atomic E-state index is -3.49. The van der Waals surface area contributed by atoms with E-state index >= 15 is 0 Å². The Labute approximate surface area is 143 Å². The van der Waals surface area contributed by atoms with Crippen molar-refractivity contribution >= 4 is 10.0 Å². The average molecular weight is 349 g/mol. The Hall–Kier alpha value is -2.05. The first-order valence-corrected chi connectivity index (χ1v) is 9.21. The molecule has 0 radical (unpaired) electrons. The first-order chi connectivity index (χ1) is 11.4. The van der Waals surface area contributed by atoms with E-state index in [4.69, 9.17) is 9.47 Å². The lowest BCUT2D eigenvalue weighted by Crippen LogP contribution is -2.31. The van der Waals surface area contributed by atoms with E-state index in [9.17, 15) is 8.42 Å². The van der Waals surface area contributed by atoms with Crippen LogP contribution in [0.25, 0.3) is 0 Å². The number of methoxy groups -OCH3 is 2. The molecule has 2 aromatic rings. The minimum Gasteiger partial charge on any atom is -0.497 e. The molecule has 0 bridgehead atoms. The molecule has 0 amide bonds. The van der Waals surface area contributed by atoms with Gasteiger partial charge < -0.3 is 9.47 Å². The lowest BCUT2D eigenvalue weighted by atomic mass is 10.1. The van der Waals surface area contributed by atoms with Crippen LogP contribution in [0.3, 0.4) is 0 Å². The number of benzene rings is 2. The van der Waals surface area contributed by atoms with Crippen LogP contribution < -0.4 is 9.47 Å². The van der Waals surface area contributed by atoms with Crippen molar-refractivity contribution in [3.63, 3.8) is 0 Å². The summed E-state index contributed by atoms with van der Waals surface area (Å²) >= 11 is 0. The summed E-state index contributed by atoms with van der Waals surface area (Å²) < 4.78 is 37.4. The van der Waals surface area contributed by atoms with Crippen LogP contribution in [0.1, 0.15) is 24.1 Å². The van der Waals surface area contributed by atoms with Gasteiger partial charge in [0.2, 0.25) is 10.0 Å². The molecule has 0 saturated heterocycles. The molecule has 0 spiro atoms. The van der Waals surface area contributed by atoms with Crippen LogP contribution in [-0.4, -0.2) is 34.0 Å². The van der Waals surface area contributed by atoms with Crippen molar-refractivity contribution < 1.29 is 17.9 Å². The molecule has 0 saturated carbocycles. The first kappa shape index (κ1) is 18.3. The number of para-hydroxylation sites is 1. The molecule has 1 unspecified atom stereocenters. The maximum Gasteiger partial charge on any atom is 0.218 e. The highest BCUT2D eigenvalue weighted by molar-refractivity contribution is 7.88. The lowest BCUT2D eigenvalue weighted by Gasteiger charge is -2.26. The Kier molecular flexibility index (Phi) is 5.85. The smallest absolute Gasteiger partial charge is 0.218 e. The summed E-state index contributed by atoms with van der Waals surface area (Å²) in [4.78, 5) is 0. The van der Waals surface area contributed by atoms with Crippen LogP contribution >= 0.6 is 0 Å². The molecular weight excluding hydrogens is 326 g/mol. The van der Waals surface area contributed by atoms with Gasteiger partial charge in [0.15, 0.2) is 0 Å². The van der Waals surface area contributed by atoms with E-state index in [0.29, 0.717) is 17.1 Å². The fraction of sp³-hybridized carbons (Fsp3) is 0.333. The van der Waals surface area contributed by atoms with Gasteiger partial charge >= 0.3 is 0 Å². The third kappa shape index (κ3) is 4.07. The molecule has 1 atom stereocenters. The number of nitrogens with zero attached hydrogens (tertiary/aromatic N) is 1. The summed E-state index contributed by atoms with van der Waals surface area (Å²) in [7, 11) is 1.24. The van der Waals surface area contributed by atoms with E-state index in [1.54, 1.807) is 45.5 Å². The molecule has 24 heavy (non-hydrogen) atoms. The number of rotatable bonds is 7. The fourth-order valence-corrected chi connectivity index (χ4v) is 3.92. The predicted octanol–water partition coefficient (Wildman–Crippen LogP) is 3.23. The van der Waals surface area contributed by atoms with Crippen LogP contribution in [0.5, 0.6) is 11.5 Å². The molecule has 0 N–H and O–H groups in total. The molecule has 0 aliphatic carbocycles. The Balaban J connectivity index is 2.24. The van der Waals surface area contributed by atoms with Gasteiger partial charge in [-0.2, -0.15) is 4.31 Å². The summed E-state index contributed by atoms with van der Waals surface area (Å²) in [5.74, 6) is 1.23. The molecular formula is C18H23NO4S. The summed E-state index contributed by atoms with van der Waals surface area (Å²) in [5.41, 5.74) is 1.52. The van der Waals surface area contributed by atoms with Crippen molar-refractivity contribution in [2.45, 2.75) is 18.7 Å². The maximum atomic E-state index is 12.8. The Morgan fingerprint density at radius 2 is 1.75 bits per heavy atom. The van der Waals surface area contributed by atoms with E-state index < -0.39 is 10.0 Å². The Morgan fingerprint density at radius 3 is 2.42 bits per heavy atom. The third-order valence-electron chi connectivity index (χ3n) is 4.06. The average Bonchev–Trinajstić information content (AvgIpc) is 2.60. The summed E-state index contributed by atoms with van der Waals surface area (Å²) in [6.07, 6.45) is 0. The van der Waals surface area contributed by atoms with Gasteiger partial charge in [-0.3, -0.25) is 0 Å². The molecule has 0 heterocycles. The summed E-state index contributed by atoms with van der Waals surface area (Å²) in [5, 5.41) is 0. The fourth-order valence-electron chi connectivity index (χ4n) is 2.52. The first-order valence-electron chi connectivity index (χ1n) is 7.60. The number of ether oxygens (including phenoxy) is 2. The van der Waals surface area contributed by atoms with E-state index in [-0.39, 0.29) is 11.8 Å². The van der Waals surface area contributed by atoms with E-state index in [1.807, 2.05) is 31.2 Å². The molecule has 130 valence electrons.